The minimum atomic E-state index is -4.29. The van der Waals surface area contributed by atoms with Gasteiger partial charge in [0.25, 0.3) is 0 Å². The topological polar surface area (TPSA) is 12.0 Å². The second-order valence-electron chi connectivity index (χ2n) is 5.68. The molecule has 0 radical (unpaired) electrons. The fourth-order valence-electron chi connectivity index (χ4n) is 3.04. The molecule has 0 amide bonds. The van der Waals surface area contributed by atoms with Crippen molar-refractivity contribution in [3.63, 3.8) is 0 Å². The molecule has 118 valence electrons. The van der Waals surface area contributed by atoms with Crippen LogP contribution in [0.3, 0.4) is 0 Å². The summed E-state index contributed by atoms with van der Waals surface area (Å²) in [4.78, 5) is 0. The van der Waals surface area contributed by atoms with Crippen molar-refractivity contribution < 1.29 is 13.2 Å². The lowest BCUT2D eigenvalue weighted by molar-refractivity contribution is -0.138. The number of hydrogen-bond acceptors (Lipinski definition) is 2. The zero-order valence-corrected chi connectivity index (χ0v) is 13.2. The highest BCUT2D eigenvalue weighted by atomic mass is 32.2. The van der Waals surface area contributed by atoms with Gasteiger partial charge in [0.05, 0.1) is 5.56 Å². The number of alkyl halides is 3. The molecule has 2 rings (SSSR count). The van der Waals surface area contributed by atoms with Gasteiger partial charge in [-0.3, -0.25) is 0 Å². The molecule has 0 aliphatic heterocycles. The maximum Gasteiger partial charge on any atom is 0.416 e. The van der Waals surface area contributed by atoms with E-state index in [1.54, 1.807) is 12.1 Å². The van der Waals surface area contributed by atoms with E-state index in [2.05, 4.69) is 11.6 Å². The monoisotopic (exact) mass is 317 g/mol. The van der Waals surface area contributed by atoms with Crippen LogP contribution in [-0.2, 0) is 6.18 Å². The van der Waals surface area contributed by atoms with E-state index in [-0.39, 0.29) is 6.04 Å². The minimum absolute atomic E-state index is 0.279. The average Bonchev–Trinajstić information content (AvgIpc) is 2.47. The van der Waals surface area contributed by atoms with Crippen molar-refractivity contribution in [1.29, 1.82) is 0 Å². The molecule has 5 heteroatoms. The van der Waals surface area contributed by atoms with Crippen LogP contribution in [0.15, 0.2) is 24.3 Å². The maximum absolute atomic E-state index is 13.1. The third kappa shape index (κ3) is 4.39. The highest BCUT2D eigenvalue weighted by Crippen LogP contribution is 2.35. The second-order valence-corrected chi connectivity index (χ2v) is 6.82. The van der Waals surface area contributed by atoms with Crippen LogP contribution in [0.4, 0.5) is 13.2 Å². The number of hydrogen-bond donors (Lipinski definition) is 1. The third-order valence-electron chi connectivity index (χ3n) is 4.23. The zero-order chi connectivity index (χ0) is 15.5. The molecule has 0 aromatic heterocycles. The summed E-state index contributed by atoms with van der Waals surface area (Å²) < 4.78 is 39.2. The number of thioether (sulfide) groups is 1. The van der Waals surface area contributed by atoms with Gasteiger partial charge >= 0.3 is 6.18 Å². The first kappa shape index (κ1) is 16.7. The van der Waals surface area contributed by atoms with Crippen LogP contribution in [0.1, 0.15) is 49.8 Å². The molecule has 1 unspecified atom stereocenters. The normalized spacial score (nSPS) is 24.8. The predicted molar refractivity (Wildman–Crippen MR) is 82.6 cm³/mol. The van der Waals surface area contributed by atoms with Crippen molar-refractivity contribution in [3.8, 4) is 0 Å². The van der Waals surface area contributed by atoms with E-state index in [0.717, 1.165) is 31.7 Å². The third-order valence-corrected chi connectivity index (χ3v) is 5.36. The van der Waals surface area contributed by atoms with Crippen LogP contribution < -0.4 is 5.32 Å². The quantitative estimate of drug-likeness (QED) is 0.836. The van der Waals surface area contributed by atoms with Crippen LogP contribution in [0.2, 0.25) is 0 Å². The molecule has 1 aliphatic carbocycles. The van der Waals surface area contributed by atoms with Gasteiger partial charge in [0.2, 0.25) is 0 Å². The maximum atomic E-state index is 13.1. The lowest BCUT2D eigenvalue weighted by Gasteiger charge is -2.31. The Labute approximate surface area is 128 Å². The summed E-state index contributed by atoms with van der Waals surface area (Å²) in [5, 5.41) is 4.09. The molecule has 1 aromatic rings. The van der Waals surface area contributed by atoms with Gasteiger partial charge in [-0.05, 0) is 50.5 Å². The average molecular weight is 317 g/mol. The highest BCUT2D eigenvalue weighted by molar-refractivity contribution is 7.99. The molecule has 1 N–H and O–H groups in total. The summed E-state index contributed by atoms with van der Waals surface area (Å²) in [7, 11) is 0. The van der Waals surface area contributed by atoms with E-state index in [0.29, 0.717) is 16.9 Å². The molecule has 0 spiro atoms. The molecule has 1 aliphatic rings. The first-order valence-corrected chi connectivity index (χ1v) is 8.65. The fraction of sp³-hybridized carbons (Fsp3) is 0.625. The van der Waals surface area contributed by atoms with Gasteiger partial charge in [0.15, 0.2) is 0 Å². The summed E-state index contributed by atoms with van der Waals surface area (Å²) in [6.45, 7) is 1.82. The molecule has 21 heavy (non-hydrogen) atoms. The SMILES string of the molecule is CSC1CCC(NC(C)c2ccccc2C(F)(F)F)CC1. The Kier molecular flexibility index (Phi) is 5.60. The van der Waals surface area contributed by atoms with Crippen LogP contribution in [0.25, 0.3) is 0 Å². The molecule has 1 fully saturated rings. The Hall–Kier alpha value is -0.680. The van der Waals surface area contributed by atoms with E-state index < -0.39 is 11.7 Å². The number of nitrogens with one attached hydrogen (secondary N) is 1. The summed E-state index contributed by atoms with van der Waals surface area (Å²) in [6, 6.07) is 5.91. The summed E-state index contributed by atoms with van der Waals surface area (Å²) in [5.41, 5.74) is -0.181. The summed E-state index contributed by atoms with van der Waals surface area (Å²) in [5.74, 6) is 0. The van der Waals surface area contributed by atoms with Crippen molar-refractivity contribution in [2.75, 3.05) is 6.26 Å². The van der Waals surface area contributed by atoms with Crippen molar-refractivity contribution in [2.45, 2.75) is 56.1 Å². The lowest BCUT2D eigenvalue weighted by Crippen LogP contribution is -2.36. The number of benzene rings is 1. The van der Waals surface area contributed by atoms with Crippen LogP contribution in [-0.4, -0.2) is 17.5 Å². The zero-order valence-electron chi connectivity index (χ0n) is 12.4. The van der Waals surface area contributed by atoms with Gasteiger partial charge in [0.1, 0.15) is 0 Å². The van der Waals surface area contributed by atoms with Gasteiger partial charge < -0.3 is 5.32 Å². The predicted octanol–water partition coefficient (Wildman–Crippen LogP) is 5.03. The minimum Gasteiger partial charge on any atom is -0.307 e. The summed E-state index contributed by atoms with van der Waals surface area (Å²) in [6.07, 6.45) is 2.22. The van der Waals surface area contributed by atoms with Crippen molar-refractivity contribution in [2.24, 2.45) is 0 Å². The molecule has 0 bridgehead atoms. The summed E-state index contributed by atoms with van der Waals surface area (Å²) >= 11 is 1.89. The largest absolute Gasteiger partial charge is 0.416 e. The van der Waals surface area contributed by atoms with Gasteiger partial charge in [-0.25, -0.2) is 0 Å². The smallest absolute Gasteiger partial charge is 0.307 e. The van der Waals surface area contributed by atoms with Crippen LogP contribution >= 0.6 is 11.8 Å². The molecule has 1 saturated carbocycles. The first-order valence-electron chi connectivity index (χ1n) is 7.36. The first-order chi connectivity index (χ1) is 9.91. The number of halogens is 3. The second kappa shape index (κ2) is 7.05. The standard InChI is InChI=1S/C16H22F3NS/c1-11(20-12-7-9-13(21-2)10-8-12)14-5-3-4-6-15(14)16(17,18)19/h3-6,11-13,20H,7-10H2,1-2H3. The molecule has 1 atom stereocenters. The van der Waals surface area contributed by atoms with E-state index >= 15 is 0 Å². The van der Waals surface area contributed by atoms with Crippen LogP contribution in [0.5, 0.6) is 0 Å². The molecule has 1 aromatic carbocycles. The van der Waals surface area contributed by atoms with Gasteiger partial charge in [-0.2, -0.15) is 24.9 Å². The Balaban J connectivity index is 2.03. The molecule has 0 saturated heterocycles. The molecule has 0 heterocycles. The Morgan fingerprint density at radius 3 is 2.33 bits per heavy atom. The fourth-order valence-corrected chi connectivity index (χ4v) is 3.78. The Bertz CT molecular complexity index is 453. The van der Waals surface area contributed by atoms with Gasteiger partial charge in [-0.15, -0.1) is 0 Å². The van der Waals surface area contributed by atoms with Gasteiger partial charge in [0, 0.05) is 17.3 Å². The number of rotatable bonds is 4. The van der Waals surface area contributed by atoms with Crippen molar-refractivity contribution in [3.05, 3.63) is 35.4 Å². The van der Waals surface area contributed by atoms with Gasteiger partial charge in [-0.1, -0.05) is 18.2 Å². The van der Waals surface area contributed by atoms with E-state index in [1.165, 1.54) is 6.07 Å². The molecular weight excluding hydrogens is 295 g/mol. The Morgan fingerprint density at radius 1 is 1.14 bits per heavy atom. The molecule has 1 nitrogen and oxygen atoms in total. The Morgan fingerprint density at radius 2 is 1.76 bits per heavy atom. The van der Waals surface area contributed by atoms with Crippen LogP contribution in [0, 0.1) is 0 Å². The highest BCUT2D eigenvalue weighted by Gasteiger charge is 2.34. The van der Waals surface area contributed by atoms with Crippen molar-refractivity contribution >= 4 is 11.8 Å². The lowest BCUT2D eigenvalue weighted by atomic mass is 9.93. The van der Waals surface area contributed by atoms with E-state index in [1.807, 2.05) is 18.7 Å². The van der Waals surface area contributed by atoms with E-state index in [4.69, 9.17) is 0 Å². The molecular formula is C16H22F3NS. The van der Waals surface area contributed by atoms with E-state index in [9.17, 15) is 13.2 Å². The van der Waals surface area contributed by atoms with Crippen molar-refractivity contribution in [1.82, 2.24) is 5.32 Å².